The van der Waals surface area contributed by atoms with E-state index in [-0.39, 0.29) is 17.9 Å². The fraction of sp³-hybridized carbons (Fsp3) is 0.263. The lowest BCUT2D eigenvalue weighted by molar-refractivity contribution is -0.116. The van der Waals surface area contributed by atoms with Crippen LogP contribution in [0.2, 0.25) is 0 Å². The normalized spacial score (nSPS) is 10.1. The molecular formula is C19H22N2O5. The SMILES string of the molecule is COC(=O)c1cc(OC)c(OC)cc1NC(=O)CCc1ccccc1N. The molecule has 7 heteroatoms. The Morgan fingerprint density at radius 1 is 1.04 bits per heavy atom. The highest BCUT2D eigenvalue weighted by molar-refractivity contribution is 6.02. The van der Waals surface area contributed by atoms with Crippen molar-refractivity contribution in [3.63, 3.8) is 0 Å². The molecule has 2 aromatic rings. The maximum atomic E-state index is 12.3. The number of aryl methyl sites for hydroxylation is 1. The molecule has 0 unspecified atom stereocenters. The molecule has 7 nitrogen and oxygen atoms in total. The van der Waals surface area contributed by atoms with E-state index in [1.165, 1.54) is 33.5 Å². The van der Waals surface area contributed by atoms with E-state index in [4.69, 9.17) is 19.9 Å². The molecular weight excluding hydrogens is 336 g/mol. The van der Waals surface area contributed by atoms with E-state index in [1.807, 2.05) is 18.2 Å². The van der Waals surface area contributed by atoms with Crippen LogP contribution in [0.3, 0.4) is 0 Å². The Labute approximate surface area is 152 Å². The summed E-state index contributed by atoms with van der Waals surface area (Å²) in [6, 6.07) is 10.4. The summed E-state index contributed by atoms with van der Waals surface area (Å²) in [4.78, 5) is 24.4. The summed E-state index contributed by atoms with van der Waals surface area (Å²) in [7, 11) is 4.20. The van der Waals surface area contributed by atoms with E-state index >= 15 is 0 Å². The van der Waals surface area contributed by atoms with Gasteiger partial charge in [-0.1, -0.05) is 18.2 Å². The summed E-state index contributed by atoms with van der Waals surface area (Å²) < 4.78 is 15.2. The zero-order valence-corrected chi connectivity index (χ0v) is 15.0. The Balaban J connectivity index is 2.19. The van der Waals surface area contributed by atoms with Gasteiger partial charge in [0.15, 0.2) is 11.5 Å². The van der Waals surface area contributed by atoms with Gasteiger partial charge in [-0.3, -0.25) is 4.79 Å². The summed E-state index contributed by atoms with van der Waals surface area (Å²) in [5.41, 5.74) is 7.89. The Hall–Kier alpha value is -3.22. The molecule has 0 bridgehead atoms. The lowest BCUT2D eigenvalue weighted by Gasteiger charge is -2.14. The number of nitrogen functional groups attached to an aromatic ring is 1. The summed E-state index contributed by atoms with van der Waals surface area (Å²) >= 11 is 0. The van der Waals surface area contributed by atoms with Crippen molar-refractivity contribution in [3.05, 3.63) is 47.5 Å². The molecule has 2 rings (SSSR count). The molecule has 0 aromatic heterocycles. The predicted molar refractivity (Wildman–Crippen MR) is 98.7 cm³/mol. The van der Waals surface area contributed by atoms with Crippen molar-refractivity contribution in [2.45, 2.75) is 12.8 Å². The number of carbonyl (C=O) groups is 2. The van der Waals surface area contributed by atoms with Gasteiger partial charge in [0.2, 0.25) is 5.91 Å². The standard InChI is InChI=1S/C19H22N2O5/c1-24-16-10-13(19(23)26-3)15(11-17(16)25-2)21-18(22)9-8-12-6-4-5-7-14(12)20/h4-7,10-11H,8-9,20H2,1-3H3,(H,21,22). The minimum Gasteiger partial charge on any atom is -0.493 e. The Morgan fingerprint density at radius 2 is 1.69 bits per heavy atom. The smallest absolute Gasteiger partial charge is 0.340 e. The van der Waals surface area contributed by atoms with Crippen LogP contribution in [0.5, 0.6) is 11.5 Å². The van der Waals surface area contributed by atoms with Gasteiger partial charge in [-0.25, -0.2) is 4.79 Å². The summed E-state index contributed by atoms with van der Waals surface area (Å²) in [6.45, 7) is 0. The first-order valence-electron chi connectivity index (χ1n) is 7.97. The quantitative estimate of drug-likeness (QED) is 0.583. The van der Waals surface area contributed by atoms with Gasteiger partial charge < -0.3 is 25.3 Å². The van der Waals surface area contributed by atoms with E-state index in [9.17, 15) is 9.59 Å². The number of benzene rings is 2. The molecule has 138 valence electrons. The van der Waals surface area contributed by atoms with Gasteiger partial charge in [-0.15, -0.1) is 0 Å². The van der Waals surface area contributed by atoms with Crippen molar-refractivity contribution in [1.29, 1.82) is 0 Å². The van der Waals surface area contributed by atoms with Crippen molar-refractivity contribution in [3.8, 4) is 11.5 Å². The summed E-state index contributed by atoms with van der Waals surface area (Å²) in [5, 5.41) is 2.73. The number of hydrogen-bond donors (Lipinski definition) is 2. The largest absolute Gasteiger partial charge is 0.493 e. The average Bonchev–Trinajstić information content (AvgIpc) is 2.66. The average molecular weight is 358 g/mol. The number of nitrogens with two attached hydrogens (primary N) is 1. The molecule has 0 heterocycles. The molecule has 0 fully saturated rings. The van der Waals surface area contributed by atoms with Gasteiger partial charge in [-0.2, -0.15) is 0 Å². The zero-order chi connectivity index (χ0) is 19.1. The van der Waals surface area contributed by atoms with E-state index in [0.717, 1.165) is 5.56 Å². The number of nitrogens with one attached hydrogen (secondary N) is 1. The highest BCUT2D eigenvalue weighted by atomic mass is 16.5. The molecule has 0 saturated heterocycles. The number of carbonyl (C=O) groups excluding carboxylic acids is 2. The predicted octanol–water partition coefficient (Wildman–Crippen LogP) is 2.64. The first-order chi connectivity index (χ1) is 12.5. The van der Waals surface area contributed by atoms with Crippen LogP contribution in [0.4, 0.5) is 11.4 Å². The first-order valence-corrected chi connectivity index (χ1v) is 7.97. The third-order valence-electron chi connectivity index (χ3n) is 3.88. The van der Waals surface area contributed by atoms with E-state index in [1.54, 1.807) is 6.07 Å². The van der Waals surface area contributed by atoms with Crippen LogP contribution >= 0.6 is 0 Å². The van der Waals surface area contributed by atoms with Gasteiger partial charge in [0.05, 0.1) is 32.6 Å². The van der Waals surface area contributed by atoms with Crippen LogP contribution < -0.4 is 20.5 Å². The Kier molecular flexibility index (Phi) is 6.43. The molecule has 0 aliphatic rings. The number of ether oxygens (including phenoxy) is 3. The number of esters is 1. The minimum absolute atomic E-state index is 0.178. The molecule has 0 radical (unpaired) electrons. The Bertz CT molecular complexity index is 805. The lowest BCUT2D eigenvalue weighted by atomic mass is 10.1. The number of hydrogen-bond acceptors (Lipinski definition) is 6. The monoisotopic (exact) mass is 358 g/mol. The first kappa shape index (κ1) is 19.1. The Morgan fingerprint density at radius 3 is 2.31 bits per heavy atom. The van der Waals surface area contributed by atoms with Crippen LogP contribution in [0.15, 0.2) is 36.4 Å². The highest BCUT2D eigenvalue weighted by Crippen LogP contribution is 2.33. The lowest BCUT2D eigenvalue weighted by Crippen LogP contribution is -2.16. The second-order valence-electron chi connectivity index (χ2n) is 5.49. The second-order valence-corrected chi connectivity index (χ2v) is 5.49. The molecule has 3 N–H and O–H groups in total. The number of para-hydroxylation sites is 1. The van der Waals surface area contributed by atoms with Crippen molar-refractivity contribution < 1.29 is 23.8 Å². The molecule has 0 saturated carbocycles. The minimum atomic E-state index is -0.589. The van der Waals surface area contributed by atoms with Crippen molar-refractivity contribution >= 4 is 23.3 Å². The molecule has 2 aromatic carbocycles. The van der Waals surface area contributed by atoms with Crippen LogP contribution in [0, 0.1) is 0 Å². The third kappa shape index (κ3) is 4.44. The molecule has 0 spiro atoms. The second kappa shape index (κ2) is 8.75. The topological polar surface area (TPSA) is 99.9 Å². The zero-order valence-electron chi connectivity index (χ0n) is 15.0. The van der Waals surface area contributed by atoms with Gasteiger partial charge in [-0.05, 0) is 18.1 Å². The van der Waals surface area contributed by atoms with Crippen LogP contribution in [-0.4, -0.2) is 33.2 Å². The van der Waals surface area contributed by atoms with Crippen LogP contribution in [-0.2, 0) is 16.0 Å². The summed E-state index contributed by atoms with van der Waals surface area (Å²) in [5.74, 6) is -0.0927. The summed E-state index contributed by atoms with van der Waals surface area (Å²) in [6.07, 6.45) is 0.697. The number of methoxy groups -OCH3 is 3. The number of anilines is 2. The van der Waals surface area contributed by atoms with Gasteiger partial charge in [0, 0.05) is 24.2 Å². The van der Waals surface area contributed by atoms with Gasteiger partial charge in [0.25, 0.3) is 0 Å². The van der Waals surface area contributed by atoms with Crippen molar-refractivity contribution in [1.82, 2.24) is 0 Å². The maximum absolute atomic E-state index is 12.3. The highest BCUT2D eigenvalue weighted by Gasteiger charge is 2.19. The third-order valence-corrected chi connectivity index (χ3v) is 3.88. The fourth-order valence-corrected chi connectivity index (χ4v) is 2.48. The maximum Gasteiger partial charge on any atom is 0.340 e. The molecule has 1 amide bonds. The van der Waals surface area contributed by atoms with Gasteiger partial charge >= 0.3 is 5.97 Å². The molecule has 26 heavy (non-hydrogen) atoms. The van der Waals surface area contributed by atoms with Crippen LogP contribution in [0.25, 0.3) is 0 Å². The van der Waals surface area contributed by atoms with Crippen LogP contribution in [0.1, 0.15) is 22.3 Å². The van der Waals surface area contributed by atoms with E-state index in [0.29, 0.717) is 29.3 Å². The molecule has 0 atom stereocenters. The van der Waals surface area contributed by atoms with Crippen molar-refractivity contribution in [2.24, 2.45) is 0 Å². The number of amides is 1. The van der Waals surface area contributed by atoms with E-state index in [2.05, 4.69) is 5.32 Å². The van der Waals surface area contributed by atoms with Gasteiger partial charge in [0.1, 0.15) is 0 Å². The molecule has 0 aliphatic carbocycles. The fourth-order valence-electron chi connectivity index (χ4n) is 2.48. The molecule has 0 aliphatic heterocycles. The van der Waals surface area contributed by atoms with Crippen molar-refractivity contribution in [2.75, 3.05) is 32.4 Å². The van der Waals surface area contributed by atoms with E-state index < -0.39 is 5.97 Å². The number of rotatable bonds is 7.